The number of aryl methyl sites for hydroxylation is 1. The van der Waals surface area contributed by atoms with Gasteiger partial charge >= 0.3 is 0 Å². The van der Waals surface area contributed by atoms with Crippen LogP contribution in [0.2, 0.25) is 0 Å². The fraction of sp³-hybridized carbons (Fsp3) is 0.312. The van der Waals surface area contributed by atoms with Crippen LogP contribution in [0, 0.1) is 6.92 Å². The first kappa shape index (κ1) is 15.8. The van der Waals surface area contributed by atoms with Gasteiger partial charge in [0.15, 0.2) is 5.89 Å². The molecular formula is C16H19N3O3. The number of primary amides is 1. The molecule has 22 heavy (non-hydrogen) atoms. The third-order valence-electron chi connectivity index (χ3n) is 3.24. The van der Waals surface area contributed by atoms with Gasteiger partial charge in [0, 0.05) is 17.0 Å². The lowest BCUT2D eigenvalue weighted by atomic mass is 10.1. The summed E-state index contributed by atoms with van der Waals surface area (Å²) in [6, 6.07) is 6.16. The lowest BCUT2D eigenvalue weighted by Crippen LogP contribution is -2.23. The lowest BCUT2D eigenvalue weighted by Gasteiger charge is -2.04. The molecule has 0 radical (unpaired) electrons. The van der Waals surface area contributed by atoms with E-state index in [0.717, 1.165) is 5.69 Å². The van der Waals surface area contributed by atoms with Crippen molar-refractivity contribution in [3.8, 4) is 0 Å². The molecule has 2 rings (SSSR count). The van der Waals surface area contributed by atoms with Gasteiger partial charge in [0.05, 0.1) is 12.2 Å². The van der Waals surface area contributed by atoms with Crippen molar-refractivity contribution < 1.29 is 14.0 Å². The van der Waals surface area contributed by atoms with Gasteiger partial charge in [0.25, 0.3) is 5.91 Å². The highest BCUT2D eigenvalue weighted by Gasteiger charge is 2.14. The fourth-order valence-corrected chi connectivity index (χ4v) is 1.91. The van der Waals surface area contributed by atoms with E-state index in [1.165, 1.54) is 12.1 Å². The van der Waals surface area contributed by atoms with Crippen LogP contribution in [0.1, 0.15) is 57.8 Å². The van der Waals surface area contributed by atoms with E-state index in [-0.39, 0.29) is 18.4 Å². The number of nitrogens with one attached hydrogen (secondary N) is 1. The topological polar surface area (TPSA) is 98.2 Å². The number of amides is 2. The van der Waals surface area contributed by atoms with Crippen LogP contribution in [0.4, 0.5) is 0 Å². The molecule has 1 aromatic heterocycles. The lowest BCUT2D eigenvalue weighted by molar-refractivity contribution is 0.0945. The molecule has 0 unspecified atom stereocenters. The van der Waals surface area contributed by atoms with Gasteiger partial charge in [0.1, 0.15) is 5.76 Å². The summed E-state index contributed by atoms with van der Waals surface area (Å²) in [5.74, 6) is 0.728. The summed E-state index contributed by atoms with van der Waals surface area (Å²) in [5, 5.41) is 2.77. The van der Waals surface area contributed by atoms with Crippen LogP contribution < -0.4 is 11.1 Å². The maximum Gasteiger partial charge on any atom is 0.251 e. The number of aromatic nitrogens is 1. The minimum absolute atomic E-state index is 0.199. The van der Waals surface area contributed by atoms with Gasteiger partial charge in [-0.25, -0.2) is 4.98 Å². The molecule has 2 aromatic rings. The first-order valence-electron chi connectivity index (χ1n) is 7.02. The van der Waals surface area contributed by atoms with Crippen molar-refractivity contribution in [3.05, 3.63) is 52.7 Å². The Morgan fingerprint density at radius 1 is 1.23 bits per heavy atom. The second kappa shape index (κ2) is 6.43. The highest BCUT2D eigenvalue weighted by molar-refractivity contribution is 5.97. The summed E-state index contributed by atoms with van der Waals surface area (Å²) < 4.78 is 5.63. The molecule has 3 N–H and O–H groups in total. The van der Waals surface area contributed by atoms with Gasteiger partial charge in [0.2, 0.25) is 5.91 Å². The van der Waals surface area contributed by atoms with Crippen molar-refractivity contribution in [1.29, 1.82) is 0 Å². The fourth-order valence-electron chi connectivity index (χ4n) is 1.91. The maximum absolute atomic E-state index is 12.1. The number of carbonyl (C=O) groups is 2. The molecule has 0 atom stereocenters. The Kier molecular flexibility index (Phi) is 4.60. The SMILES string of the molecule is Cc1nc(C(C)C)oc1CNC(=O)c1ccc(C(N)=O)cc1. The summed E-state index contributed by atoms with van der Waals surface area (Å²) in [5.41, 5.74) is 6.75. The maximum atomic E-state index is 12.1. The predicted molar refractivity (Wildman–Crippen MR) is 81.5 cm³/mol. The van der Waals surface area contributed by atoms with Crippen LogP contribution in [0.25, 0.3) is 0 Å². The van der Waals surface area contributed by atoms with E-state index in [1.54, 1.807) is 12.1 Å². The van der Waals surface area contributed by atoms with E-state index in [2.05, 4.69) is 10.3 Å². The predicted octanol–water partition coefficient (Wildman–Crippen LogP) is 2.14. The molecular weight excluding hydrogens is 282 g/mol. The number of rotatable bonds is 5. The number of hydrogen-bond acceptors (Lipinski definition) is 4. The first-order valence-corrected chi connectivity index (χ1v) is 7.02. The van der Waals surface area contributed by atoms with Gasteiger partial charge in [-0.3, -0.25) is 9.59 Å². The third kappa shape index (κ3) is 3.52. The standard InChI is InChI=1S/C16H19N3O3/c1-9(2)16-19-10(3)13(22-16)8-18-15(21)12-6-4-11(5-7-12)14(17)20/h4-7,9H,8H2,1-3H3,(H2,17,20)(H,18,21). The number of nitrogens with two attached hydrogens (primary N) is 1. The van der Waals surface area contributed by atoms with Crippen LogP contribution in [0.15, 0.2) is 28.7 Å². The average Bonchev–Trinajstić information content (AvgIpc) is 2.86. The molecule has 0 saturated carbocycles. The van der Waals surface area contributed by atoms with E-state index in [4.69, 9.17) is 10.2 Å². The zero-order chi connectivity index (χ0) is 16.3. The van der Waals surface area contributed by atoms with E-state index >= 15 is 0 Å². The van der Waals surface area contributed by atoms with Crippen LogP contribution in [-0.2, 0) is 6.54 Å². The number of hydrogen-bond donors (Lipinski definition) is 2. The van der Waals surface area contributed by atoms with Crippen LogP contribution in [0.3, 0.4) is 0 Å². The summed E-state index contributed by atoms with van der Waals surface area (Å²) in [6.07, 6.45) is 0. The van der Waals surface area contributed by atoms with Gasteiger partial charge in [-0.2, -0.15) is 0 Å². The zero-order valence-corrected chi connectivity index (χ0v) is 12.8. The van der Waals surface area contributed by atoms with Crippen molar-refractivity contribution in [2.24, 2.45) is 5.73 Å². The Morgan fingerprint density at radius 2 is 1.82 bits per heavy atom. The molecule has 0 saturated heterocycles. The van der Waals surface area contributed by atoms with E-state index < -0.39 is 5.91 Å². The summed E-state index contributed by atoms with van der Waals surface area (Å²) >= 11 is 0. The van der Waals surface area contributed by atoms with Crippen molar-refractivity contribution in [2.75, 3.05) is 0 Å². The third-order valence-corrected chi connectivity index (χ3v) is 3.24. The monoisotopic (exact) mass is 301 g/mol. The van der Waals surface area contributed by atoms with E-state index in [0.29, 0.717) is 22.8 Å². The second-order valence-electron chi connectivity index (χ2n) is 5.34. The molecule has 116 valence electrons. The minimum Gasteiger partial charge on any atom is -0.443 e. The highest BCUT2D eigenvalue weighted by atomic mass is 16.4. The van der Waals surface area contributed by atoms with Crippen LogP contribution in [-0.4, -0.2) is 16.8 Å². The molecule has 2 amide bonds. The molecule has 0 fully saturated rings. The number of nitrogens with zero attached hydrogens (tertiary/aromatic N) is 1. The average molecular weight is 301 g/mol. The Morgan fingerprint density at radius 3 is 2.32 bits per heavy atom. The smallest absolute Gasteiger partial charge is 0.251 e. The number of oxazole rings is 1. The Balaban J connectivity index is 2.02. The Bertz CT molecular complexity index is 687. The summed E-state index contributed by atoms with van der Waals surface area (Å²) in [6.45, 7) is 6.10. The highest BCUT2D eigenvalue weighted by Crippen LogP contribution is 2.17. The number of benzene rings is 1. The largest absolute Gasteiger partial charge is 0.443 e. The van der Waals surface area contributed by atoms with Gasteiger partial charge < -0.3 is 15.5 Å². The summed E-state index contributed by atoms with van der Waals surface area (Å²) in [4.78, 5) is 27.4. The van der Waals surface area contributed by atoms with Crippen LogP contribution >= 0.6 is 0 Å². The Hall–Kier alpha value is -2.63. The van der Waals surface area contributed by atoms with Crippen LogP contribution in [0.5, 0.6) is 0 Å². The molecule has 1 heterocycles. The molecule has 0 spiro atoms. The first-order chi connectivity index (χ1) is 10.4. The molecule has 6 heteroatoms. The van der Waals surface area contributed by atoms with E-state index in [1.807, 2.05) is 20.8 Å². The van der Waals surface area contributed by atoms with Crippen molar-refractivity contribution in [1.82, 2.24) is 10.3 Å². The minimum atomic E-state index is -0.523. The molecule has 1 aromatic carbocycles. The quantitative estimate of drug-likeness (QED) is 0.883. The molecule has 0 aliphatic carbocycles. The second-order valence-corrected chi connectivity index (χ2v) is 5.34. The Labute approximate surface area is 128 Å². The summed E-state index contributed by atoms with van der Waals surface area (Å²) in [7, 11) is 0. The zero-order valence-electron chi connectivity index (χ0n) is 12.8. The van der Waals surface area contributed by atoms with Crippen molar-refractivity contribution in [3.63, 3.8) is 0 Å². The molecule has 0 bridgehead atoms. The van der Waals surface area contributed by atoms with Crippen molar-refractivity contribution in [2.45, 2.75) is 33.2 Å². The molecule has 0 aliphatic rings. The van der Waals surface area contributed by atoms with Gasteiger partial charge in [-0.1, -0.05) is 13.8 Å². The normalized spacial score (nSPS) is 10.7. The van der Waals surface area contributed by atoms with Gasteiger partial charge in [-0.15, -0.1) is 0 Å². The van der Waals surface area contributed by atoms with Gasteiger partial charge in [-0.05, 0) is 31.2 Å². The molecule has 6 nitrogen and oxygen atoms in total. The number of carbonyl (C=O) groups excluding carboxylic acids is 2. The van der Waals surface area contributed by atoms with E-state index in [9.17, 15) is 9.59 Å². The molecule has 0 aliphatic heterocycles. The van der Waals surface area contributed by atoms with Crippen molar-refractivity contribution >= 4 is 11.8 Å².